The van der Waals surface area contributed by atoms with Crippen molar-refractivity contribution in [3.8, 4) is 17.2 Å². The largest absolute Gasteiger partial charge is 0.326 e. The summed E-state index contributed by atoms with van der Waals surface area (Å²) in [5.41, 5.74) is 10.3. The number of pyridine rings is 1. The molecule has 92 valence electrons. The smallest absolute Gasteiger partial charge is 0.102 e. The van der Waals surface area contributed by atoms with Gasteiger partial charge in [-0.3, -0.25) is 0 Å². The molecular weight excluding hydrogens is 234 g/mol. The van der Waals surface area contributed by atoms with Gasteiger partial charge in [-0.2, -0.15) is 5.26 Å². The maximum absolute atomic E-state index is 9.38. The number of nitriles is 1. The standard InChI is InChI=1S/C16H13N3/c17-9-12-4-6-13(7-5-12)15-11-19-8-2-1-3-16(19)14(15)10-18/h1-8,11H,9,17H2. The Bertz CT molecular complexity index is 761. The molecule has 3 aromatic rings. The number of fused-ring (bicyclic) bond motifs is 1. The van der Waals surface area contributed by atoms with Gasteiger partial charge in [0.1, 0.15) is 6.07 Å². The second kappa shape index (κ2) is 4.60. The molecule has 0 fully saturated rings. The van der Waals surface area contributed by atoms with Crippen LogP contribution in [0.15, 0.2) is 54.9 Å². The van der Waals surface area contributed by atoms with Crippen molar-refractivity contribution in [2.24, 2.45) is 5.73 Å². The van der Waals surface area contributed by atoms with Gasteiger partial charge in [0.15, 0.2) is 0 Å². The molecule has 0 aliphatic carbocycles. The normalized spacial score (nSPS) is 10.5. The monoisotopic (exact) mass is 247 g/mol. The summed E-state index contributed by atoms with van der Waals surface area (Å²) in [4.78, 5) is 0. The van der Waals surface area contributed by atoms with Crippen LogP contribution in [0.4, 0.5) is 0 Å². The summed E-state index contributed by atoms with van der Waals surface area (Å²) in [7, 11) is 0. The van der Waals surface area contributed by atoms with Crippen molar-refractivity contribution in [3.63, 3.8) is 0 Å². The quantitative estimate of drug-likeness (QED) is 0.757. The third kappa shape index (κ3) is 1.88. The molecule has 3 rings (SSSR count). The zero-order valence-corrected chi connectivity index (χ0v) is 10.4. The zero-order chi connectivity index (χ0) is 13.2. The average Bonchev–Trinajstić information content (AvgIpc) is 2.85. The second-order valence-corrected chi connectivity index (χ2v) is 4.42. The van der Waals surface area contributed by atoms with Crippen LogP contribution >= 0.6 is 0 Å². The lowest BCUT2D eigenvalue weighted by Crippen LogP contribution is -1.95. The number of hydrogen-bond donors (Lipinski definition) is 1. The van der Waals surface area contributed by atoms with E-state index < -0.39 is 0 Å². The van der Waals surface area contributed by atoms with E-state index in [-0.39, 0.29) is 0 Å². The van der Waals surface area contributed by atoms with E-state index in [0.29, 0.717) is 12.1 Å². The molecule has 1 aromatic carbocycles. The van der Waals surface area contributed by atoms with Gasteiger partial charge in [-0.15, -0.1) is 0 Å². The lowest BCUT2D eigenvalue weighted by Gasteiger charge is -2.01. The van der Waals surface area contributed by atoms with Crippen LogP contribution in [0.5, 0.6) is 0 Å². The Morgan fingerprint density at radius 3 is 2.58 bits per heavy atom. The van der Waals surface area contributed by atoms with Gasteiger partial charge in [0.2, 0.25) is 0 Å². The van der Waals surface area contributed by atoms with Crippen LogP contribution in [0.1, 0.15) is 11.1 Å². The molecule has 0 saturated carbocycles. The maximum Gasteiger partial charge on any atom is 0.102 e. The van der Waals surface area contributed by atoms with Crippen LogP contribution in [-0.2, 0) is 6.54 Å². The number of hydrogen-bond acceptors (Lipinski definition) is 2. The number of nitrogens with zero attached hydrogens (tertiary/aromatic N) is 2. The van der Waals surface area contributed by atoms with E-state index in [2.05, 4.69) is 6.07 Å². The van der Waals surface area contributed by atoms with Crippen molar-refractivity contribution in [1.29, 1.82) is 5.26 Å². The van der Waals surface area contributed by atoms with Gasteiger partial charge in [0.05, 0.1) is 11.1 Å². The van der Waals surface area contributed by atoms with Crippen LogP contribution in [0.25, 0.3) is 16.6 Å². The fraction of sp³-hybridized carbons (Fsp3) is 0.0625. The highest BCUT2D eigenvalue weighted by Crippen LogP contribution is 2.28. The molecule has 2 N–H and O–H groups in total. The minimum Gasteiger partial charge on any atom is -0.326 e. The first kappa shape index (κ1) is 11.5. The SMILES string of the molecule is N#Cc1c(-c2ccc(CN)cc2)cn2ccccc12. The zero-order valence-electron chi connectivity index (χ0n) is 10.4. The van der Waals surface area contributed by atoms with Crippen LogP contribution in [0.2, 0.25) is 0 Å². The van der Waals surface area contributed by atoms with E-state index >= 15 is 0 Å². The lowest BCUT2D eigenvalue weighted by molar-refractivity contribution is 1.07. The highest BCUT2D eigenvalue weighted by Gasteiger charge is 2.11. The second-order valence-electron chi connectivity index (χ2n) is 4.42. The third-order valence-corrected chi connectivity index (χ3v) is 3.30. The molecule has 3 nitrogen and oxygen atoms in total. The van der Waals surface area contributed by atoms with E-state index in [1.807, 2.05) is 59.3 Å². The Morgan fingerprint density at radius 2 is 1.89 bits per heavy atom. The molecule has 0 amide bonds. The van der Waals surface area contributed by atoms with Gasteiger partial charge in [0.25, 0.3) is 0 Å². The molecule has 0 spiro atoms. The Morgan fingerprint density at radius 1 is 1.11 bits per heavy atom. The fourth-order valence-electron chi connectivity index (χ4n) is 2.28. The predicted molar refractivity (Wildman–Crippen MR) is 75.4 cm³/mol. The molecule has 19 heavy (non-hydrogen) atoms. The lowest BCUT2D eigenvalue weighted by atomic mass is 10.0. The minimum absolute atomic E-state index is 0.531. The molecule has 3 heteroatoms. The molecule has 0 radical (unpaired) electrons. The fourth-order valence-corrected chi connectivity index (χ4v) is 2.28. The van der Waals surface area contributed by atoms with E-state index in [1.54, 1.807) is 0 Å². The van der Waals surface area contributed by atoms with Crippen molar-refractivity contribution >= 4 is 5.52 Å². The average molecular weight is 247 g/mol. The van der Waals surface area contributed by atoms with Crippen molar-refractivity contribution in [3.05, 3.63) is 66.0 Å². The third-order valence-electron chi connectivity index (χ3n) is 3.30. The number of nitrogens with two attached hydrogens (primary N) is 1. The summed E-state index contributed by atoms with van der Waals surface area (Å²) in [5.74, 6) is 0. The predicted octanol–water partition coefficient (Wildman–Crippen LogP) is 2.94. The number of aromatic nitrogens is 1. The first-order chi connectivity index (χ1) is 9.33. The minimum atomic E-state index is 0.531. The molecule has 2 aromatic heterocycles. The van der Waals surface area contributed by atoms with Gasteiger partial charge < -0.3 is 10.1 Å². The molecule has 2 heterocycles. The first-order valence-corrected chi connectivity index (χ1v) is 6.12. The van der Waals surface area contributed by atoms with E-state index in [1.165, 1.54) is 0 Å². The number of rotatable bonds is 2. The molecule has 0 aliphatic rings. The molecular formula is C16H13N3. The van der Waals surface area contributed by atoms with E-state index in [4.69, 9.17) is 5.73 Å². The first-order valence-electron chi connectivity index (χ1n) is 6.12. The summed E-state index contributed by atoms with van der Waals surface area (Å²) in [6.45, 7) is 0.531. The topological polar surface area (TPSA) is 54.2 Å². The van der Waals surface area contributed by atoms with Gasteiger partial charge in [-0.1, -0.05) is 30.3 Å². The molecule has 0 unspecified atom stereocenters. The maximum atomic E-state index is 9.38. The Labute approximate surface area is 111 Å². The Hall–Kier alpha value is -2.57. The Kier molecular flexibility index (Phi) is 2.79. The molecule has 0 atom stereocenters. The summed E-state index contributed by atoms with van der Waals surface area (Å²) >= 11 is 0. The summed E-state index contributed by atoms with van der Waals surface area (Å²) < 4.78 is 1.98. The Balaban J connectivity index is 2.21. The van der Waals surface area contributed by atoms with Gasteiger partial charge in [-0.25, -0.2) is 0 Å². The van der Waals surface area contributed by atoms with Crippen LogP contribution in [0.3, 0.4) is 0 Å². The summed E-state index contributed by atoms with van der Waals surface area (Å²) in [6.07, 6.45) is 3.94. The van der Waals surface area contributed by atoms with Crippen LogP contribution in [0, 0.1) is 11.3 Å². The van der Waals surface area contributed by atoms with Crippen molar-refractivity contribution in [2.75, 3.05) is 0 Å². The van der Waals surface area contributed by atoms with Gasteiger partial charge in [0, 0.05) is 24.5 Å². The van der Waals surface area contributed by atoms with Crippen molar-refractivity contribution in [2.45, 2.75) is 6.54 Å². The summed E-state index contributed by atoms with van der Waals surface area (Å²) in [5, 5.41) is 9.38. The highest BCUT2D eigenvalue weighted by molar-refractivity contribution is 5.80. The molecule has 0 saturated heterocycles. The van der Waals surface area contributed by atoms with Gasteiger partial charge >= 0.3 is 0 Å². The van der Waals surface area contributed by atoms with Gasteiger partial charge in [-0.05, 0) is 23.3 Å². The number of benzene rings is 1. The molecule has 0 aliphatic heterocycles. The molecule has 0 bridgehead atoms. The van der Waals surface area contributed by atoms with Crippen LogP contribution < -0.4 is 5.73 Å². The van der Waals surface area contributed by atoms with E-state index in [9.17, 15) is 5.26 Å². The van der Waals surface area contributed by atoms with Crippen molar-refractivity contribution < 1.29 is 0 Å². The van der Waals surface area contributed by atoms with Crippen LogP contribution in [-0.4, -0.2) is 4.40 Å². The van der Waals surface area contributed by atoms with E-state index in [0.717, 1.165) is 22.2 Å². The highest BCUT2D eigenvalue weighted by atomic mass is 14.9. The summed E-state index contributed by atoms with van der Waals surface area (Å²) in [6, 6.07) is 16.2. The van der Waals surface area contributed by atoms with Crippen molar-refractivity contribution in [1.82, 2.24) is 4.40 Å².